The summed E-state index contributed by atoms with van der Waals surface area (Å²) >= 11 is 3.39. The second-order valence-electron chi connectivity index (χ2n) is 3.84. The Morgan fingerprint density at radius 2 is 2.38 bits per heavy atom. The van der Waals surface area contributed by atoms with Gasteiger partial charge in [-0.25, -0.2) is 0 Å². The Labute approximate surface area is 104 Å². The van der Waals surface area contributed by atoms with Gasteiger partial charge in [0.1, 0.15) is 17.9 Å². The van der Waals surface area contributed by atoms with Crippen molar-refractivity contribution in [2.75, 3.05) is 13.1 Å². The number of nitrogens with zero attached hydrogens (tertiary/aromatic N) is 1. The summed E-state index contributed by atoms with van der Waals surface area (Å²) in [5.74, 6) is 0.672. The molecule has 1 heterocycles. The number of nitriles is 1. The monoisotopic (exact) mass is 280 g/mol. The van der Waals surface area contributed by atoms with E-state index in [0.717, 1.165) is 30.4 Å². The normalized spacial score (nSPS) is 20.1. The molecule has 0 spiro atoms. The van der Waals surface area contributed by atoms with Crippen molar-refractivity contribution in [2.45, 2.75) is 18.9 Å². The van der Waals surface area contributed by atoms with E-state index in [9.17, 15) is 0 Å². The van der Waals surface area contributed by atoms with Gasteiger partial charge in [-0.05, 0) is 37.6 Å². The van der Waals surface area contributed by atoms with E-state index >= 15 is 0 Å². The van der Waals surface area contributed by atoms with Crippen LogP contribution in [-0.2, 0) is 0 Å². The van der Waals surface area contributed by atoms with E-state index in [-0.39, 0.29) is 6.10 Å². The zero-order chi connectivity index (χ0) is 11.4. The lowest BCUT2D eigenvalue weighted by Crippen LogP contribution is -2.37. The van der Waals surface area contributed by atoms with Gasteiger partial charge < -0.3 is 10.1 Å². The molecule has 0 saturated carbocycles. The summed E-state index contributed by atoms with van der Waals surface area (Å²) in [4.78, 5) is 0. The maximum atomic E-state index is 8.98. The topological polar surface area (TPSA) is 45.0 Å². The molecule has 84 valence electrons. The second kappa shape index (κ2) is 5.33. The molecule has 1 aliphatic heterocycles. The largest absolute Gasteiger partial charge is 0.488 e. The van der Waals surface area contributed by atoms with Crippen molar-refractivity contribution in [3.05, 3.63) is 28.2 Å². The van der Waals surface area contributed by atoms with Crippen molar-refractivity contribution in [1.82, 2.24) is 5.32 Å². The molecule has 1 aromatic carbocycles. The Morgan fingerprint density at radius 3 is 3.06 bits per heavy atom. The predicted octanol–water partition coefficient (Wildman–Crippen LogP) is 2.45. The van der Waals surface area contributed by atoms with Crippen LogP contribution in [0.1, 0.15) is 18.4 Å². The zero-order valence-electron chi connectivity index (χ0n) is 8.87. The molecule has 1 fully saturated rings. The first kappa shape index (κ1) is 11.4. The average molecular weight is 281 g/mol. The molecule has 1 saturated heterocycles. The van der Waals surface area contributed by atoms with Gasteiger partial charge in [-0.3, -0.25) is 0 Å². The number of ether oxygens (including phenoxy) is 1. The van der Waals surface area contributed by atoms with E-state index in [0.29, 0.717) is 11.3 Å². The highest BCUT2D eigenvalue weighted by atomic mass is 79.9. The number of hydrogen-bond acceptors (Lipinski definition) is 3. The van der Waals surface area contributed by atoms with Gasteiger partial charge in [0.25, 0.3) is 0 Å². The lowest BCUT2D eigenvalue weighted by atomic mass is 10.1. The van der Waals surface area contributed by atoms with E-state index < -0.39 is 0 Å². The van der Waals surface area contributed by atoms with E-state index in [1.54, 1.807) is 6.07 Å². The zero-order valence-corrected chi connectivity index (χ0v) is 10.5. The summed E-state index contributed by atoms with van der Waals surface area (Å²) in [6.07, 6.45) is 2.35. The highest BCUT2D eigenvalue weighted by Crippen LogP contribution is 2.25. The van der Waals surface area contributed by atoms with Crippen molar-refractivity contribution in [3.63, 3.8) is 0 Å². The summed E-state index contributed by atoms with van der Waals surface area (Å²) in [5, 5.41) is 12.3. The molecule has 16 heavy (non-hydrogen) atoms. The van der Waals surface area contributed by atoms with Gasteiger partial charge in [0.15, 0.2) is 0 Å². The Hall–Kier alpha value is -1.05. The number of benzene rings is 1. The fourth-order valence-electron chi connectivity index (χ4n) is 1.79. The van der Waals surface area contributed by atoms with Crippen LogP contribution in [0, 0.1) is 11.3 Å². The molecule has 3 nitrogen and oxygen atoms in total. The van der Waals surface area contributed by atoms with Gasteiger partial charge in [0, 0.05) is 11.0 Å². The van der Waals surface area contributed by atoms with Crippen LogP contribution in [0.3, 0.4) is 0 Å². The molecule has 0 amide bonds. The molecule has 1 unspecified atom stereocenters. The van der Waals surface area contributed by atoms with Crippen molar-refractivity contribution in [1.29, 1.82) is 5.26 Å². The first-order valence-corrected chi connectivity index (χ1v) is 6.16. The van der Waals surface area contributed by atoms with Crippen LogP contribution in [0.25, 0.3) is 0 Å². The van der Waals surface area contributed by atoms with Crippen LogP contribution in [0.2, 0.25) is 0 Å². The van der Waals surface area contributed by atoms with Gasteiger partial charge >= 0.3 is 0 Å². The molecule has 0 radical (unpaired) electrons. The Morgan fingerprint density at radius 1 is 1.50 bits per heavy atom. The van der Waals surface area contributed by atoms with Crippen molar-refractivity contribution in [3.8, 4) is 11.8 Å². The third-order valence-corrected chi connectivity index (χ3v) is 3.10. The quantitative estimate of drug-likeness (QED) is 0.905. The highest BCUT2D eigenvalue weighted by Gasteiger charge is 2.16. The minimum absolute atomic E-state index is 0.176. The number of rotatable bonds is 2. The fraction of sp³-hybridized carbons (Fsp3) is 0.417. The van der Waals surface area contributed by atoms with Crippen LogP contribution in [-0.4, -0.2) is 19.2 Å². The highest BCUT2D eigenvalue weighted by molar-refractivity contribution is 9.10. The first-order valence-electron chi connectivity index (χ1n) is 5.36. The maximum Gasteiger partial charge on any atom is 0.138 e. The van der Waals surface area contributed by atoms with Crippen LogP contribution in [0.4, 0.5) is 0 Å². The molecule has 1 aliphatic rings. The molecule has 4 heteroatoms. The van der Waals surface area contributed by atoms with Gasteiger partial charge in [-0.2, -0.15) is 5.26 Å². The van der Waals surface area contributed by atoms with Crippen LogP contribution in [0.15, 0.2) is 22.7 Å². The van der Waals surface area contributed by atoms with E-state index in [1.807, 2.05) is 12.1 Å². The average Bonchev–Trinajstić information content (AvgIpc) is 2.31. The van der Waals surface area contributed by atoms with Crippen LogP contribution < -0.4 is 10.1 Å². The van der Waals surface area contributed by atoms with Crippen LogP contribution in [0.5, 0.6) is 5.75 Å². The summed E-state index contributed by atoms with van der Waals surface area (Å²) in [5.41, 5.74) is 0.591. The third-order valence-electron chi connectivity index (χ3n) is 2.61. The van der Waals surface area contributed by atoms with Gasteiger partial charge in [-0.1, -0.05) is 15.9 Å². The molecule has 1 atom stereocenters. The lowest BCUT2D eigenvalue weighted by Gasteiger charge is -2.24. The molecule has 1 N–H and O–H groups in total. The van der Waals surface area contributed by atoms with Gasteiger partial charge in [0.2, 0.25) is 0 Å². The first-order chi connectivity index (χ1) is 7.79. The van der Waals surface area contributed by atoms with Gasteiger partial charge in [-0.15, -0.1) is 0 Å². The van der Waals surface area contributed by atoms with Crippen LogP contribution >= 0.6 is 15.9 Å². The predicted molar refractivity (Wildman–Crippen MR) is 65.4 cm³/mol. The van der Waals surface area contributed by atoms with Crippen molar-refractivity contribution < 1.29 is 4.74 Å². The molecule has 2 rings (SSSR count). The Bertz CT molecular complexity index is 408. The Kier molecular flexibility index (Phi) is 3.81. The van der Waals surface area contributed by atoms with Crippen molar-refractivity contribution >= 4 is 15.9 Å². The van der Waals surface area contributed by atoms with E-state index in [1.165, 1.54) is 0 Å². The summed E-state index contributed by atoms with van der Waals surface area (Å²) < 4.78 is 6.78. The SMILES string of the molecule is N#Cc1ccc(Br)cc1OC1CCCNC1. The molecular weight excluding hydrogens is 268 g/mol. The number of nitrogens with one attached hydrogen (secondary N) is 1. The van der Waals surface area contributed by atoms with Gasteiger partial charge in [0.05, 0.1) is 5.56 Å². The van der Waals surface area contributed by atoms with E-state index in [2.05, 4.69) is 27.3 Å². The van der Waals surface area contributed by atoms with E-state index in [4.69, 9.17) is 10.00 Å². The number of piperidine rings is 1. The maximum absolute atomic E-state index is 8.98. The molecule has 0 aromatic heterocycles. The fourth-order valence-corrected chi connectivity index (χ4v) is 2.13. The Balaban J connectivity index is 2.13. The summed E-state index contributed by atoms with van der Waals surface area (Å²) in [6, 6.07) is 7.63. The number of halogens is 1. The third kappa shape index (κ3) is 2.75. The van der Waals surface area contributed by atoms with Crippen molar-refractivity contribution in [2.24, 2.45) is 0 Å². The second-order valence-corrected chi connectivity index (χ2v) is 4.75. The summed E-state index contributed by atoms with van der Waals surface area (Å²) in [7, 11) is 0. The summed E-state index contributed by atoms with van der Waals surface area (Å²) in [6.45, 7) is 1.92. The smallest absolute Gasteiger partial charge is 0.138 e. The standard InChI is InChI=1S/C12H13BrN2O/c13-10-4-3-9(7-14)12(6-10)16-11-2-1-5-15-8-11/h3-4,6,11,15H,1-2,5,8H2. The molecular formula is C12H13BrN2O. The molecule has 1 aromatic rings. The lowest BCUT2D eigenvalue weighted by molar-refractivity contribution is 0.166. The minimum atomic E-state index is 0.176. The minimum Gasteiger partial charge on any atom is -0.488 e. The molecule has 0 aliphatic carbocycles. The molecule has 0 bridgehead atoms. The number of hydrogen-bond donors (Lipinski definition) is 1.